The van der Waals surface area contributed by atoms with Gasteiger partial charge in [-0.1, -0.05) is 146 Å². The maximum absolute atomic E-state index is 10.5. The summed E-state index contributed by atoms with van der Waals surface area (Å²) in [6, 6.07) is 81.9. The molecule has 0 atom stereocenters. The van der Waals surface area contributed by atoms with E-state index < -0.39 is 5.41 Å². The lowest BCUT2D eigenvalue weighted by Gasteiger charge is -2.45. The van der Waals surface area contributed by atoms with E-state index in [1.165, 1.54) is 44.5 Å². The van der Waals surface area contributed by atoms with Crippen molar-refractivity contribution in [1.29, 1.82) is 15.8 Å². The number of fused-ring (bicyclic) bond motifs is 16. The molecule has 7 heteroatoms. The topological polar surface area (TPSA) is 82.2 Å². The van der Waals surface area contributed by atoms with E-state index in [1.807, 2.05) is 24.3 Å². The van der Waals surface area contributed by atoms with Crippen molar-refractivity contribution in [2.45, 2.75) is 5.41 Å². The van der Waals surface area contributed by atoms with E-state index in [9.17, 15) is 15.8 Å². The number of nitrogens with zero attached hydrogens (tertiary/aromatic N) is 6. The molecule has 0 unspecified atom stereocenters. The Hall–Kier alpha value is -10.4. The van der Waals surface area contributed by atoms with Crippen LogP contribution in [0.1, 0.15) is 38.9 Å². The summed E-state index contributed by atoms with van der Waals surface area (Å²) in [5, 5.41) is 35.8. The second-order valence-corrected chi connectivity index (χ2v) is 19.6. The van der Waals surface area contributed by atoms with Crippen molar-refractivity contribution in [3.8, 4) is 51.6 Å². The highest BCUT2D eigenvalue weighted by molar-refractivity contribution is 7.00. The van der Waals surface area contributed by atoms with E-state index in [2.05, 4.69) is 209 Å². The number of nitriles is 3. The van der Waals surface area contributed by atoms with Crippen LogP contribution in [-0.4, -0.2) is 6.71 Å². The molecule has 0 radical (unpaired) electrons. The van der Waals surface area contributed by atoms with Gasteiger partial charge in [0.1, 0.15) is 0 Å². The first-order valence-corrected chi connectivity index (χ1v) is 24.6. The SMILES string of the molecule is [C-]#[N+]c1cc(C#N)cc(N2c3cc4ccccc4cc3B3c4cc5ccccc5cc4N(c4cc(C#N)cc(C#N)c4)c4cc(-c5ccc6c(c5)-c5ccccc5C65c6ccccc6-c6ccccc65)cc2c43)c1. The summed E-state index contributed by atoms with van der Waals surface area (Å²) in [7, 11) is 0. The fraction of sp³-hybridized carbons (Fsp3) is 0.0149. The minimum absolute atomic E-state index is 0.274. The Morgan fingerprint density at radius 1 is 0.392 bits per heavy atom. The van der Waals surface area contributed by atoms with Crippen LogP contribution in [0.4, 0.5) is 39.8 Å². The van der Waals surface area contributed by atoms with Crippen LogP contribution in [0.25, 0.3) is 59.8 Å². The largest absolute Gasteiger partial charge is 0.313 e. The summed E-state index contributed by atoms with van der Waals surface area (Å²) in [6.45, 7) is 7.93. The molecule has 6 nitrogen and oxygen atoms in total. The number of hydrogen-bond acceptors (Lipinski definition) is 5. The van der Waals surface area contributed by atoms with Gasteiger partial charge >= 0.3 is 0 Å². The molecular formula is C67H35BN6. The van der Waals surface area contributed by atoms with Crippen LogP contribution >= 0.6 is 0 Å². The van der Waals surface area contributed by atoms with Gasteiger partial charge in [0.05, 0.1) is 41.3 Å². The third-order valence-electron chi connectivity index (χ3n) is 16.0. The highest BCUT2D eigenvalue weighted by atomic mass is 15.2. The molecule has 0 saturated heterocycles. The molecule has 1 spiro atoms. The smallest absolute Gasteiger partial charge is 0.252 e. The van der Waals surface area contributed by atoms with Crippen LogP contribution in [0, 0.1) is 40.6 Å². The van der Waals surface area contributed by atoms with Gasteiger partial charge in [0, 0.05) is 39.7 Å². The van der Waals surface area contributed by atoms with Crippen LogP contribution in [-0.2, 0) is 5.41 Å². The van der Waals surface area contributed by atoms with Gasteiger partial charge in [0.25, 0.3) is 6.71 Å². The first-order chi connectivity index (χ1) is 36.5. The molecule has 0 bridgehead atoms. The number of hydrogen-bond donors (Lipinski definition) is 0. The molecule has 0 aromatic heterocycles. The molecule has 0 amide bonds. The van der Waals surface area contributed by atoms with Crippen molar-refractivity contribution in [1.82, 2.24) is 0 Å². The van der Waals surface area contributed by atoms with Crippen LogP contribution in [0.5, 0.6) is 0 Å². The normalized spacial score (nSPS) is 13.4. The highest BCUT2D eigenvalue weighted by Gasteiger charge is 2.52. The van der Waals surface area contributed by atoms with Gasteiger partial charge in [-0.25, -0.2) is 4.85 Å². The zero-order valence-electron chi connectivity index (χ0n) is 39.5. The Bertz CT molecular complexity index is 4240. The average Bonchev–Trinajstić information content (AvgIpc) is 3.93. The average molecular weight is 935 g/mol. The van der Waals surface area contributed by atoms with Crippen molar-refractivity contribution >= 4 is 84.5 Å². The third kappa shape index (κ3) is 5.56. The lowest BCUT2D eigenvalue weighted by Crippen LogP contribution is -2.61. The van der Waals surface area contributed by atoms with Gasteiger partial charge in [0.15, 0.2) is 5.69 Å². The molecule has 0 fully saturated rings. The Morgan fingerprint density at radius 2 is 0.824 bits per heavy atom. The van der Waals surface area contributed by atoms with Crippen molar-refractivity contribution < 1.29 is 0 Å². The molecule has 2 heterocycles. The maximum atomic E-state index is 10.5. The standard InChI is InChI=1S/C67H35BN6/c1-72-49-25-42(39-71)28-51(36-49)74-63-33-46-15-5-3-13-44(46)31-61(63)68-60-30-43-12-2-4-14-45(43)32-62(60)73(50-26-40(37-69)24-41(27-50)38-70)64-34-48(35-65(74)66(64)68)47-22-23-59-55(29-47)54-18-8-11-21-58(54)67(59)56-19-9-6-16-52(56)53-17-7-10-20-57(53)67/h2-36H. The molecule has 2 aliphatic carbocycles. The zero-order chi connectivity index (χ0) is 49.4. The predicted octanol–water partition coefficient (Wildman–Crippen LogP) is 14.3. The van der Waals surface area contributed by atoms with Crippen LogP contribution in [0.15, 0.2) is 212 Å². The molecule has 2 aliphatic heterocycles. The van der Waals surface area contributed by atoms with Crippen LogP contribution in [0.3, 0.4) is 0 Å². The van der Waals surface area contributed by atoms with E-state index in [-0.39, 0.29) is 6.71 Å². The molecule has 11 aromatic carbocycles. The quantitative estimate of drug-likeness (QED) is 0.130. The maximum Gasteiger partial charge on any atom is 0.252 e. The third-order valence-corrected chi connectivity index (χ3v) is 16.0. The lowest BCUT2D eigenvalue weighted by molar-refractivity contribution is 0.794. The molecule has 11 aromatic rings. The van der Waals surface area contributed by atoms with Crippen molar-refractivity contribution in [3.05, 3.63) is 263 Å². The van der Waals surface area contributed by atoms with E-state index in [0.717, 1.165) is 71.8 Å². The number of benzene rings is 11. The van der Waals surface area contributed by atoms with Gasteiger partial charge in [0.2, 0.25) is 0 Å². The monoisotopic (exact) mass is 934 g/mol. The van der Waals surface area contributed by atoms with Crippen molar-refractivity contribution in [2.75, 3.05) is 9.80 Å². The molecule has 0 N–H and O–H groups in total. The number of rotatable bonds is 3. The fourth-order valence-corrected chi connectivity index (χ4v) is 13.1. The Labute approximate surface area is 427 Å². The first kappa shape index (κ1) is 41.4. The lowest BCUT2D eigenvalue weighted by atomic mass is 9.33. The molecule has 15 rings (SSSR count). The van der Waals surface area contributed by atoms with E-state index in [1.54, 1.807) is 12.1 Å². The second kappa shape index (κ2) is 15.3. The van der Waals surface area contributed by atoms with Gasteiger partial charge in [-0.15, -0.1) is 0 Å². The van der Waals surface area contributed by atoms with Crippen LogP contribution in [0.2, 0.25) is 0 Å². The molecule has 74 heavy (non-hydrogen) atoms. The first-order valence-electron chi connectivity index (χ1n) is 24.6. The zero-order valence-corrected chi connectivity index (χ0v) is 39.5. The summed E-state index contributed by atoms with van der Waals surface area (Å²) in [6.07, 6.45) is 0. The fourth-order valence-electron chi connectivity index (χ4n) is 13.1. The highest BCUT2D eigenvalue weighted by Crippen LogP contribution is 2.63. The predicted molar refractivity (Wildman–Crippen MR) is 298 cm³/mol. The molecule has 336 valence electrons. The van der Waals surface area contributed by atoms with E-state index >= 15 is 0 Å². The Kier molecular flexibility index (Phi) is 8.54. The Morgan fingerprint density at radius 3 is 1.32 bits per heavy atom. The Balaban J connectivity index is 1.07. The van der Waals surface area contributed by atoms with Gasteiger partial charge in [-0.3, -0.25) is 0 Å². The molecule has 0 saturated carbocycles. The van der Waals surface area contributed by atoms with E-state index in [0.29, 0.717) is 33.8 Å². The van der Waals surface area contributed by atoms with E-state index in [4.69, 9.17) is 6.57 Å². The summed E-state index contributed by atoms with van der Waals surface area (Å²) >= 11 is 0. The number of anilines is 6. The summed E-state index contributed by atoms with van der Waals surface area (Å²) in [4.78, 5) is 8.38. The van der Waals surface area contributed by atoms with Crippen molar-refractivity contribution in [2.24, 2.45) is 0 Å². The molecular weight excluding hydrogens is 900 g/mol. The van der Waals surface area contributed by atoms with Gasteiger partial charge in [-0.2, -0.15) is 15.8 Å². The van der Waals surface area contributed by atoms with Crippen LogP contribution < -0.4 is 26.2 Å². The summed E-state index contributed by atoms with van der Waals surface area (Å²) < 4.78 is 0. The summed E-state index contributed by atoms with van der Waals surface area (Å²) in [5.74, 6) is 0. The van der Waals surface area contributed by atoms with Gasteiger partial charge in [-0.05, 0) is 160 Å². The minimum Gasteiger partial charge on any atom is -0.313 e. The summed E-state index contributed by atoms with van der Waals surface area (Å²) in [5.41, 5.74) is 21.1. The van der Waals surface area contributed by atoms with Gasteiger partial charge < -0.3 is 9.80 Å². The second-order valence-electron chi connectivity index (χ2n) is 19.6. The molecule has 4 aliphatic rings. The minimum atomic E-state index is -0.504. The van der Waals surface area contributed by atoms with Crippen molar-refractivity contribution in [3.63, 3.8) is 0 Å².